The third-order valence-corrected chi connectivity index (χ3v) is 4.82. The lowest BCUT2D eigenvalue weighted by Crippen LogP contribution is -2.51. The Morgan fingerprint density at radius 3 is 2.67 bits per heavy atom. The summed E-state index contributed by atoms with van der Waals surface area (Å²) in [5, 5.41) is 3.90. The van der Waals surface area contributed by atoms with Gasteiger partial charge in [0.25, 0.3) is 0 Å². The average Bonchev–Trinajstić information content (AvgIpc) is 2.39. The minimum absolute atomic E-state index is 0.677. The highest BCUT2D eigenvalue weighted by Crippen LogP contribution is 2.20. The van der Waals surface area contributed by atoms with Crippen molar-refractivity contribution in [3.63, 3.8) is 0 Å². The van der Waals surface area contributed by atoms with E-state index in [0.29, 0.717) is 6.04 Å². The van der Waals surface area contributed by atoms with Crippen molar-refractivity contribution in [2.45, 2.75) is 51.6 Å². The van der Waals surface area contributed by atoms with E-state index in [9.17, 15) is 0 Å². The molecule has 3 unspecified atom stereocenters. The van der Waals surface area contributed by atoms with Crippen molar-refractivity contribution in [3.05, 3.63) is 0 Å². The quantitative estimate of drug-likeness (QED) is 0.824. The molecular formula is C15H31N3. The van der Waals surface area contributed by atoms with Gasteiger partial charge in [0, 0.05) is 25.2 Å². The zero-order valence-electron chi connectivity index (χ0n) is 12.5. The molecule has 2 aliphatic rings. The van der Waals surface area contributed by atoms with E-state index in [1.54, 1.807) is 0 Å². The maximum absolute atomic E-state index is 3.90. The lowest BCUT2D eigenvalue weighted by molar-refractivity contribution is 0.140. The van der Waals surface area contributed by atoms with Gasteiger partial charge in [-0.15, -0.1) is 0 Å². The Hall–Kier alpha value is -0.120. The molecule has 2 saturated heterocycles. The van der Waals surface area contributed by atoms with Gasteiger partial charge in [0.05, 0.1) is 0 Å². The van der Waals surface area contributed by atoms with Crippen LogP contribution < -0.4 is 5.32 Å². The van der Waals surface area contributed by atoms with E-state index in [1.165, 1.54) is 58.4 Å². The highest BCUT2D eigenvalue weighted by molar-refractivity contribution is 4.85. The minimum atomic E-state index is 0.677. The van der Waals surface area contributed by atoms with Crippen LogP contribution in [0, 0.1) is 5.92 Å². The van der Waals surface area contributed by atoms with E-state index >= 15 is 0 Å². The molecule has 1 N–H and O–H groups in total. The molecule has 0 saturated carbocycles. The van der Waals surface area contributed by atoms with Crippen molar-refractivity contribution in [2.75, 3.05) is 39.8 Å². The summed E-state index contributed by atoms with van der Waals surface area (Å²) in [4.78, 5) is 5.08. The molecule has 2 aliphatic heterocycles. The second-order valence-electron chi connectivity index (χ2n) is 6.35. The lowest BCUT2D eigenvalue weighted by Gasteiger charge is -2.39. The van der Waals surface area contributed by atoms with Crippen LogP contribution in [-0.4, -0.2) is 61.7 Å². The van der Waals surface area contributed by atoms with Gasteiger partial charge in [0.15, 0.2) is 0 Å². The van der Waals surface area contributed by atoms with Gasteiger partial charge in [0.1, 0.15) is 0 Å². The lowest BCUT2D eigenvalue weighted by atomic mass is 9.90. The third kappa shape index (κ3) is 3.94. The molecule has 0 radical (unpaired) electrons. The van der Waals surface area contributed by atoms with Gasteiger partial charge in [-0.05, 0) is 65.2 Å². The first-order chi connectivity index (χ1) is 8.69. The van der Waals surface area contributed by atoms with Gasteiger partial charge in [-0.2, -0.15) is 0 Å². The van der Waals surface area contributed by atoms with Crippen LogP contribution in [0.1, 0.15) is 39.5 Å². The van der Waals surface area contributed by atoms with Gasteiger partial charge in [-0.1, -0.05) is 6.92 Å². The molecule has 0 aromatic heterocycles. The molecule has 0 amide bonds. The second-order valence-corrected chi connectivity index (χ2v) is 6.35. The molecule has 0 aromatic carbocycles. The summed E-state index contributed by atoms with van der Waals surface area (Å²) in [6.45, 7) is 11.0. The van der Waals surface area contributed by atoms with Crippen LogP contribution in [0.25, 0.3) is 0 Å². The van der Waals surface area contributed by atoms with Gasteiger partial charge in [-0.25, -0.2) is 0 Å². The van der Waals surface area contributed by atoms with Crippen LogP contribution >= 0.6 is 0 Å². The van der Waals surface area contributed by atoms with Crippen LogP contribution in [0.4, 0.5) is 0 Å². The van der Waals surface area contributed by atoms with Crippen LogP contribution in [-0.2, 0) is 0 Å². The number of hydrogen-bond acceptors (Lipinski definition) is 3. The van der Waals surface area contributed by atoms with Crippen LogP contribution in [0.3, 0.4) is 0 Å². The third-order valence-electron chi connectivity index (χ3n) is 4.82. The number of likely N-dealkylation sites (N-methyl/N-ethyl adjacent to an activating group) is 1. The second kappa shape index (κ2) is 6.88. The Kier molecular flexibility index (Phi) is 5.46. The number of likely N-dealkylation sites (tertiary alicyclic amines) is 2. The van der Waals surface area contributed by atoms with Crippen molar-refractivity contribution in [2.24, 2.45) is 5.92 Å². The van der Waals surface area contributed by atoms with Gasteiger partial charge >= 0.3 is 0 Å². The first kappa shape index (κ1) is 14.3. The Balaban J connectivity index is 1.77. The summed E-state index contributed by atoms with van der Waals surface area (Å²) >= 11 is 0. The van der Waals surface area contributed by atoms with Gasteiger partial charge < -0.3 is 15.1 Å². The molecule has 0 aromatic rings. The molecule has 106 valence electrons. The maximum Gasteiger partial charge on any atom is 0.0197 e. The molecule has 2 fully saturated rings. The van der Waals surface area contributed by atoms with E-state index < -0.39 is 0 Å². The van der Waals surface area contributed by atoms with Gasteiger partial charge in [-0.3, -0.25) is 0 Å². The van der Waals surface area contributed by atoms with Gasteiger partial charge in [0.2, 0.25) is 0 Å². The summed E-state index contributed by atoms with van der Waals surface area (Å²) in [7, 11) is 2.25. The number of nitrogens with one attached hydrogen (secondary N) is 1. The molecule has 2 heterocycles. The SMILES string of the molecule is CCN1CCCC(C(C)NC2CCCN(C)C2)C1. The van der Waals surface area contributed by atoms with E-state index in [1.807, 2.05) is 0 Å². The van der Waals surface area contributed by atoms with Crippen molar-refractivity contribution in [1.29, 1.82) is 0 Å². The topological polar surface area (TPSA) is 18.5 Å². The molecule has 18 heavy (non-hydrogen) atoms. The Morgan fingerprint density at radius 2 is 1.94 bits per heavy atom. The van der Waals surface area contributed by atoms with E-state index in [-0.39, 0.29) is 0 Å². The van der Waals surface area contributed by atoms with E-state index in [4.69, 9.17) is 0 Å². The predicted molar refractivity (Wildman–Crippen MR) is 78.0 cm³/mol. The first-order valence-corrected chi connectivity index (χ1v) is 7.86. The Morgan fingerprint density at radius 1 is 1.17 bits per heavy atom. The molecule has 0 bridgehead atoms. The molecular weight excluding hydrogens is 222 g/mol. The fourth-order valence-electron chi connectivity index (χ4n) is 3.60. The highest BCUT2D eigenvalue weighted by atomic mass is 15.2. The summed E-state index contributed by atoms with van der Waals surface area (Å²) < 4.78 is 0. The molecule has 0 aliphatic carbocycles. The summed E-state index contributed by atoms with van der Waals surface area (Å²) in [5.41, 5.74) is 0. The smallest absolute Gasteiger partial charge is 0.0197 e. The number of hydrogen-bond donors (Lipinski definition) is 1. The minimum Gasteiger partial charge on any atom is -0.310 e. The number of piperidine rings is 2. The van der Waals surface area contributed by atoms with Crippen LogP contribution in [0.15, 0.2) is 0 Å². The van der Waals surface area contributed by atoms with Crippen molar-refractivity contribution >= 4 is 0 Å². The molecule has 2 rings (SSSR count). The predicted octanol–water partition coefficient (Wildman–Crippen LogP) is 1.79. The number of rotatable bonds is 4. The number of nitrogens with zero attached hydrogens (tertiary/aromatic N) is 2. The molecule has 3 atom stereocenters. The van der Waals surface area contributed by atoms with Crippen LogP contribution in [0.2, 0.25) is 0 Å². The van der Waals surface area contributed by atoms with Crippen LogP contribution in [0.5, 0.6) is 0 Å². The first-order valence-electron chi connectivity index (χ1n) is 7.86. The van der Waals surface area contributed by atoms with Crippen molar-refractivity contribution < 1.29 is 0 Å². The average molecular weight is 253 g/mol. The standard InChI is InChI=1S/C15H31N3/c1-4-18-10-5-7-14(11-18)13(2)16-15-8-6-9-17(3)12-15/h13-16H,4-12H2,1-3H3. The molecule has 0 spiro atoms. The summed E-state index contributed by atoms with van der Waals surface area (Å²) in [6.07, 6.45) is 5.51. The summed E-state index contributed by atoms with van der Waals surface area (Å²) in [6, 6.07) is 1.40. The monoisotopic (exact) mass is 253 g/mol. The van der Waals surface area contributed by atoms with E-state index in [2.05, 4.69) is 36.0 Å². The van der Waals surface area contributed by atoms with Crippen molar-refractivity contribution in [3.8, 4) is 0 Å². The Bertz CT molecular complexity index is 244. The maximum atomic E-state index is 3.90. The fraction of sp³-hybridized carbons (Fsp3) is 1.00. The van der Waals surface area contributed by atoms with Crippen molar-refractivity contribution in [1.82, 2.24) is 15.1 Å². The zero-order valence-corrected chi connectivity index (χ0v) is 12.5. The fourth-order valence-corrected chi connectivity index (χ4v) is 3.60. The Labute approximate surface area is 113 Å². The summed E-state index contributed by atoms with van der Waals surface area (Å²) in [5.74, 6) is 0.853. The largest absolute Gasteiger partial charge is 0.310 e. The van der Waals surface area contributed by atoms with E-state index in [0.717, 1.165) is 12.0 Å². The normalized spacial score (nSPS) is 33.5. The zero-order chi connectivity index (χ0) is 13.0. The molecule has 3 nitrogen and oxygen atoms in total. The molecule has 3 heteroatoms. The highest BCUT2D eigenvalue weighted by Gasteiger charge is 2.26.